The topological polar surface area (TPSA) is 76.0 Å². The number of carbonyl (C=O) groups is 2. The summed E-state index contributed by atoms with van der Waals surface area (Å²) in [7, 11) is 0. The van der Waals surface area contributed by atoms with Gasteiger partial charge >= 0.3 is 0 Å². The van der Waals surface area contributed by atoms with E-state index < -0.39 is 0 Å². The van der Waals surface area contributed by atoms with Crippen LogP contribution in [0.2, 0.25) is 0 Å². The van der Waals surface area contributed by atoms with E-state index in [1.165, 1.54) is 0 Å². The molecule has 0 aliphatic carbocycles. The Hall–Kier alpha value is -3.93. The molecular formula is C28H30N4O2. The molecule has 174 valence electrons. The van der Waals surface area contributed by atoms with Gasteiger partial charge in [-0.05, 0) is 50.1 Å². The third-order valence-corrected chi connectivity index (χ3v) is 5.89. The molecule has 2 amide bonds. The molecule has 0 aliphatic rings. The highest BCUT2D eigenvalue weighted by atomic mass is 16.2. The molecule has 3 aromatic carbocycles. The number of rotatable bonds is 9. The van der Waals surface area contributed by atoms with Crippen LogP contribution in [0.5, 0.6) is 0 Å². The number of amides is 2. The molecule has 6 heteroatoms. The molecule has 0 saturated heterocycles. The molecule has 1 heterocycles. The standard InChI is InChI=1S/C28H30N4O2/c1-20-14-16-23(17-15-20)28(34)29-18-8-13-26-31-24-11-6-7-12-25(24)32(26)19-27(33)30-21(2)22-9-4-3-5-10-22/h3-7,9-12,14-17,21H,8,13,18-19H2,1-2H3,(H,29,34)(H,30,33). The second kappa shape index (κ2) is 10.8. The van der Waals surface area contributed by atoms with Crippen molar-refractivity contribution in [1.82, 2.24) is 20.2 Å². The molecule has 1 aromatic heterocycles. The Kier molecular flexibility index (Phi) is 7.38. The monoisotopic (exact) mass is 454 g/mol. The molecule has 4 rings (SSSR count). The van der Waals surface area contributed by atoms with Crippen LogP contribution in [0.25, 0.3) is 11.0 Å². The van der Waals surface area contributed by atoms with Crippen LogP contribution in [0.15, 0.2) is 78.9 Å². The lowest BCUT2D eigenvalue weighted by Crippen LogP contribution is -2.30. The molecule has 0 fully saturated rings. The van der Waals surface area contributed by atoms with E-state index in [4.69, 9.17) is 4.98 Å². The smallest absolute Gasteiger partial charge is 0.251 e. The zero-order chi connectivity index (χ0) is 23.9. The lowest BCUT2D eigenvalue weighted by atomic mass is 10.1. The summed E-state index contributed by atoms with van der Waals surface area (Å²) in [5, 5.41) is 6.06. The summed E-state index contributed by atoms with van der Waals surface area (Å²) in [6, 6.07) is 25.2. The Labute approximate surface area is 200 Å². The molecule has 4 aromatic rings. The summed E-state index contributed by atoms with van der Waals surface area (Å²) in [6.45, 7) is 4.71. The van der Waals surface area contributed by atoms with Crippen LogP contribution in [-0.2, 0) is 17.8 Å². The van der Waals surface area contributed by atoms with Crippen molar-refractivity contribution in [3.05, 3.63) is 101 Å². The quantitative estimate of drug-likeness (QED) is 0.363. The van der Waals surface area contributed by atoms with E-state index in [0.717, 1.165) is 34.4 Å². The number of imidazole rings is 1. The van der Waals surface area contributed by atoms with E-state index >= 15 is 0 Å². The minimum absolute atomic E-state index is 0.0616. The van der Waals surface area contributed by atoms with Crippen LogP contribution < -0.4 is 10.6 Å². The normalized spacial score (nSPS) is 11.8. The Morgan fingerprint density at radius 1 is 0.941 bits per heavy atom. The largest absolute Gasteiger partial charge is 0.352 e. The average Bonchev–Trinajstić information content (AvgIpc) is 3.19. The molecule has 6 nitrogen and oxygen atoms in total. The van der Waals surface area contributed by atoms with Crippen molar-refractivity contribution >= 4 is 22.8 Å². The van der Waals surface area contributed by atoms with Crippen LogP contribution >= 0.6 is 0 Å². The summed E-state index contributed by atoms with van der Waals surface area (Å²) >= 11 is 0. The molecule has 1 unspecified atom stereocenters. The number of hydrogen-bond acceptors (Lipinski definition) is 3. The van der Waals surface area contributed by atoms with Crippen LogP contribution in [0.1, 0.15) is 46.7 Å². The first kappa shape index (κ1) is 23.2. The molecular weight excluding hydrogens is 424 g/mol. The maximum absolute atomic E-state index is 12.9. The average molecular weight is 455 g/mol. The lowest BCUT2D eigenvalue weighted by molar-refractivity contribution is -0.122. The molecule has 0 radical (unpaired) electrons. The fraction of sp³-hybridized carbons (Fsp3) is 0.250. The van der Waals surface area contributed by atoms with Crippen molar-refractivity contribution in [2.45, 2.75) is 39.3 Å². The summed E-state index contributed by atoms with van der Waals surface area (Å²) < 4.78 is 1.98. The van der Waals surface area contributed by atoms with E-state index in [9.17, 15) is 9.59 Å². The summed E-state index contributed by atoms with van der Waals surface area (Å²) in [6.07, 6.45) is 1.38. The van der Waals surface area contributed by atoms with Gasteiger partial charge < -0.3 is 15.2 Å². The van der Waals surface area contributed by atoms with Gasteiger partial charge in [-0.25, -0.2) is 4.98 Å². The Morgan fingerprint density at radius 2 is 1.65 bits per heavy atom. The second-order valence-electron chi connectivity index (χ2n) is 8.53. The predicted molar refractivity (Wildman–Crippen MR) is 135 cm³/mol. The molecule has 0 bridgehead atoms. The van der Waals surface area contributed by atoms with E-state index in [-0.39, 0.29) is 24.4 Å². The minimum atomic E-state index is -0.0808. The number of fused-ring (bicyclic) bond motifs is 1. The number of para-hydroxylation sites is 2. The SMILES string of the molecule is Cc1ccc(C(=O)NCCCc2nc3ccccc3n2CC(=O)NC(C)c2ccccc2)cc1. The first-order chi connectivity index (χ1) is 16.5. The van der Waals surface area contributed by atoms with Gasteiger partial charge in [0.15, 0.2) is 0 Å². The van der Waals surface area contributed by atoms with Crippen molar-refractivity contribution in [3.8, 4) is 0 Å². The first-order valence-electron chi connectivity index (χ1n) is 11.6. The molecule has 1 atom stereocenters. The molecule has 0 spiro atoms. The summed E-state index contributed by atoms with van der Waals surface area (Å²) in [5.74, 6) is 0.699. The van der Waals surface area contributed by atoms with E-state index in [1.807, 2.05) is 97.3 Å². The maximum Gasteiger partial charge on any atom is 0.251 e. The number of nitrogens with zero attached hydrogens (tertiary/aromatic N) is 2. The van der Waals surface area contributed by atoms with E-state index in [1.54, 1.807) is 0 Å². The van der Waals surface area contributed by atoms with Crippen LogP contribution in [0.4, 0.5) is 0 Å². The van der Waals surface area contributed by atoms with Crippen molar-refractivity contribution < 1.29 is 9.59 Å². The van der Waals surface area contributed by atoms with Gasteiger partial charge in [0, 0.05) is 18.5 Å². The maximum atomic E-state index is 12.9. The molecule has 2 N–H and O–H groups in total. The van der Waals surface area contributed by atoms with Gasteiger partial charge in [-0.15, -0.1) is 0 Å². The predicted octanol–water partition coefficient (Wildman–Crippen LogP) is 4.58. The molecule has 0 saturated carbocycles. The summed E-state index contributed by atoms with van der Waals surface area (Å²) in [4.78, 5) is 30.0. The van der Waals surface area contributed by atoms with Gasteiger partial charge in [-0.3, -0.25) is 9.59 Å². The highest BCUT2D eigenvalue weighted by Crippen LogP contribution is 2.18. The van der Waals surface area contributed by atoms with Crippen molar-refractivity contribution in [1.29, 1.82) is 0 Å². The Morgan fingerprint density at radius 3 is 2.41 bits per heavy atom. The van der Waals surface area contributed by atoms with Crippen molar-refractivity contribution in [3.63, 3.8) is 0 Å². The highest BCUT2D eigenvalue weighted by Gasteiger charge is 2.15. The number of aryl methyl sites for hydroxylation is 2. The zero-order valence-electron chi connectivity index (χ0n) is 19.6. The summed E-state index contributed by atoms with van der Waals surface area (Å²) in [5.41, 5.74) is 4.64. The fourth-order valence-corrected chi connectivity index (χ4v) is 4.00. The molecule has 0 aliphatic heterocycles. The third kappa shape index (κ3) is 5.70. The lowest BCUT2D eigenvalue weighted by Gasteiger charge is -2.16. The van der Waals surface area contributed by atoms with E-state index in [0.29, 0.717) is 18.5 Å². The Balaban J connectivity index is 1.39. The fourth-order valence-electron chi connectivity index (χ4n) is 4.00. The number of aromatic nitrogens is 2. The van der Waals surface area contributed by atoms with E-state index in [2.05, 4.69) is 10.6 Å². The first-order valence-corrected chi connectivity index (χ1v) is 11.6. The highest BCUT2D eigenvalue weighted by molar-refractivity contribution is 5.94. The van der Waals surface area contributed by atoms with Gasteiger partial charge in [0.2, 0.25) is 5.91 Å². The number of benzene rings is 3. The second-order valence-corrected chi connectivity index (χ2v) is 8.53. The van der Waals surface area contributed by atoms with Crippen LogP contribution in [-0.4, -0.2) is 27.9 Å². The minimum Gasteiger partial charge on any atom is -0.352 e. The van der Waals surface area contributed by atoms with Crippen LogP contribution in [0.3, 0.4) is 0 Å². The van der Waals surface area contributed by atoms with Crippen molar-refractivity contribution in [2.24, 2.45) is 0 Å². The number of hydrogen-bond donors (Lipinski definition) is 2. The van der Waals surface area contributed by atoms with Gasteiger partial charge in [0.1, 0.15) is 12.4 Å². The molecule has 34 heavy (non-hydrogen) atoms. The Bertz CT molecular complexity index is 1260. The van der Waals surface area contributed by atoms with Crippen LogP contribution in [0, 0.1) is 6.92 Å². The third-order valence-electron chi connectivity index (χ3n) is 5.89. The van der Waals surface area contributed by atoms with Gasteiger partial charge in [0.25, 0.3) is 5.91 Å². The van der Waals surface area contributed by atoms with Gasteiger partial charge in [-0.1, -0.05) is 60.2 Å². The number of carbonyl (C=O) groups excluding carboxylic acids is 2. The number of nitrogens with one attached hydrogen (secondary N) is 2. The van der Waals surface area contributed by atoms with Gasteiger partial charge in [0.05, 0.1) is 17.1 Å². The van der Waals surface area contributed by atoms with Gasteiger partial charge in [-0.2, -0.15) is 0 Å². The van der Waals surface area contributed by atoms with Crippen molar-refractivity contribution in [2.75, 3.05) is 6.54 Å². The zero-order valence-corrected chi connectivity index (χ0v) is 19.6.